The molecule has 0 fully saturated rings. The first-order chi connectivity index (χ1) is 6.06. The van der Waals surface area contributed by atoms with Gasteiger partial charge >= 0.3 is 0 Å². The summed E-state index contributed by atoms with van der Waals surface area (Å²) >= 11 is 10.1. The van der Waals surface area contributed by atoms with Gasteiger partial charge in [0, 0.05) is 19.0 Å². The molecule has 70 valence electrons. The largest absolute Gasteiger partial charge is 0.411 e. The van der Waals surface area contributed by atoms with Crippen LogP contribution in [-0.2, 0) is 0 Å². The molecule has 0 spiro atoms. The molecule has 1 rings (SSSR count). The van der Waals surface area contributed by atoms with Crippen LogP contribution in [0.15, 0.2) is 30.7 Å². The summed E-state index contributed by atoms with van der Waals surface area (Å²) in [4.78, 5) is 0. The lowest BCUT2D eigenvalue weighted by Gasteiger charge is -2.05. The summed E-state index contributed by atoms with van der Waals surface area (Å²) in [6.45, 7) is 1.74. The number of oxime groups is 1. The van der Waals surface area contributed by atoms with Gasteiger partial charge in [0.25, 0.3) is 0 Å². The molecule has 1 aromatic carbocycles. The maximum atomic E-state index is 8.63. The van der Waals surface area contributed by atoms with Crippen molar-refractivity contribution in [3.8, 4) is 0 Å². The van der Waals surface area contributed by atoms with Crippen molar-refractivity contribution in [3.05, 3.63) is 31.1 Å². The van der Waals surface area contributed by atoms with E-state index in [1.165, 1.54) is 0 Å². The van der Waals surface area contributed by atoms with Gasteiger partial charge in [-0.1, -0.05) is 21.1 Å². The Labute approximate surface area is 101 Å². The van der Waals surface area contributed by atoms with E-state index in [4.69, 9.17) is 5.21 Å². The molecular formula is C8H6Br3NO. The summed E-state index contributed by atoms with van der Waals surface area (Å²) in [6.07, 6.45) is 0. The van der Waals surface area contributed by atoms with Crippen LogP contribution < -0.4 is 0 Å². The molecule has 0 bridgehead atoms. The van der Waals surface area contributed by atoms with Crippen molar-refractivity contribution < 1.29 is 5.21 Å². The van der Waals surface area contributed by atoms with Crippen LogP contribution in [0.3, 0.4) is 0 Å². The van der Waals surface area contributed by atoms with Gasteiger partial charge in [0.15, 0.2) is 0 Å². The van der Waals surface area contributed by atoms with Crippen molar-refractivity contribution in [3.63, 3.8) is 0 Å². The lowest BCUT2D eigenvalue weighted by Crippen LogP contribution is -1.96. The number of rotatable bonds is 1. The first-order valence-corrected chi connectivity index (χ1v) is 5.77. The Morgan fingerprint density at radius 3 is 2.46 bits per heavy atom. The SMILES string of the molecule is CC(=NO)c1cc(Br)cc(Br)c1Br. The smallest absolute Gasteiger partial charge is 0.0849 e. The van der Waals surface area contributed by atoms with Crippen molar-refractivity contribution in [2.45, 2.75) is 6.92 Å². The second-order valence-corrected chi connectivity index (χ2v) is 5.00. The van der Waals surface area contributed by atoms with Crippen molar-refractivity contribution >= 4 is 53.5 Å². The van der Waals surface area contributed by atoms with Gasteiger partial charge in [-0.2, -0.15) is 0 Å². The van der Waals surface area contributed by atoms with Gasteiger partial charge in [-0.3, -0.25) is 0 Å². The summed E-state index contributed by atoms with van der Waals surface area (Å²) in [5.74, 6) is 0. The molecule has 0 saturated heterocycles. The Kier molecular flexibility index (Phi) is 3.94. The zero-order valence-corrected chi connectivity index (χ0v) is 11.4. The van der Waals surface area contributed by atoms with Crippen LogP contribution in [0.4, 0.5) is 0 Å². The van der Waals surface area contributed by atoms with E-state index in [2.05, 4.69) is 52.9 Å². The number of halogens is 3. The third-order valence-corrected chi connectivity index (χ3v) is 4.00. The normalized spacial score (nSPS) is 11.8. The molecule has 0 unspecified atom stereocenters. The molecule has 1 N–H and O–H groups in total. The fraction of sp³-hybridized carbons (Fsp3) is 0.125. The molecule has 2 nitrogen and oxygen atoms in total. The van der Waals surface area contributed by atoms with Crippen LogP contribution in [0, 0.1) is 0 Å². The maximum absolute atomic E-state index is 8.63. The van der Waals surface area contributed by atoms with Crippen molar-refractivity contribution in [2.24, 2.45) is 5.16 Å². The highest BCUT2D eigenvalue weighted by molar-refractivity contribution is 9.13. The van der Waals surface area contributed by atoms with Crippen LogP contribution in [-0.4, -0.2) is 10.9 Å². The molecule has 0 aliphatic carbocycles. The van der Waals surface area contributed by atoms with Gasteiger partial charge in [0.1, 0.15) is 0 Å². The first kappa shape index (κ1) is 11.2. The predicted molar refractivity (Wildman–Crippen MR) is 63.5 cm³/mol. The zero-order chi connectivity index (χ0) is 10.0. The van der Waals surface area contributed by atoms with Gasteiger partial charge < -0.3 is 5.21 Å². The lowest BCUT2D eigenvalue weighted by atomic mass is 10.1. The van der Waals surface area contributed by atoms with E-state index in [0.717, 1.165) is 19.0 Å². The van der Waals surface area contributed by atoms with Gasteiger partial charge in [0.05, 0.1) is 5.71 Å². The Morgan fingerprint density at radius 1 is 1.31 bits per heavy atom. The van der Waals surface area contributed by atoms with E-state index >= 15 is 0 Å². The highest BCUT2D eigenvalue weighted by atomic mass is 79.9. The van der Waals surface area contributed by atoms with E-state index in [1.54, 1.807) is 6.92 Å². The molecule has 0 aliphatic rings. The summed E-state index contributed by atoms with van der Waals surface area (Å²) < 4.78 is 2.73. The monoisotopic (exact) mass is 369 g/mol. The predicted octanol–water partition coefficient (Wildman–Crippen LogP) is 4.17. The molecule has 0 aliphatic heterocycles. The topological polar surface area (TPSA) is 32.6 Å². The third kappa shape index (κ3) is 2.54. The molecular weight excluding hydrogens is 366 g/mol. The zero-order valence-electron chi connectivity index (χ0n) is 6.68. The molecule has 0 aromatic heterocycles. The number of nitrogens with zero attached hydrogens (tertiary/aromatic N) is 1. The summed E-state index contributed by atoms with van der Waals surface area (Å²) in [6, 6.07) is 3.79. The molecule has 1 aromatic rings. The van der Waals surface area contributed by atoms with Gasteiger partial charge in [-0.05, 0) is 50.9 Å². The average molecular weight is 372 g/mol. The van der Waals surface area contributed by atoms with Crippen LogP contribution in [0.1, 0.15) is 12.5 Å². The van der Waals surface area contributed by atoms with E-state index < -0.39 is 0 Å². The minimum Gasteiger partial charge on any atom is -0.411 e. The van der Waals surface area contributed by atoms with Crippen LogP contribution in [0.25, 0.3) is 0 Å². The molecule has 0 radical (unpaired) electrons. The van der Waals surface area contributed by atoms with E-state index in [1.807, 2.05) is 12.1 Å². The lowest BCUT2D eigenvalue weighted by molar-refractivity contribution is 0.319. The van der Waals surface area contributed by atoms with Crippen LogP contribution in [0.2, 0.25) is 0 Å². The highest BCUT2D eigenvalue weighted by Gasteiger charge is 2.08. The number of hydrogen-bond acceptors (Lipinski definition) is 2. The van der Waals surface area contributed by atoms with Gasteiger partial charge in [-0.25, -0.2) is 0 Å². The molecule has 0 saturated carbocycles. The van der Waals surface area contributed by atoms with E-state index in [-0.39, 0.29) is 0 Å². The summed E-state index contributed by atoms with van der Waals surface area (Å²) in [7, 11) is 0. The Hall–Kier alpha value is 0.130. The molecule has 0 atom stereocenters. The Bertz CT molecular complexity index is 363. The quantitative estimate of drug-likeness (QED) is 0.342. The average Bonchev–Trinajstić information content (AvgIpc) is 2.10. The van der Waals surface area contributed by atoms with E-state index in [0.29, 0.717) is 5.71 Å². The fourth-order valence-electron chi connectivity index (χ4n) is 0.873. The second-order valence-electron chi connectivity index (χ2n) is 2.43. The van der Waals surface area contributed by atoms with Crippen LogP contribution >= 0.6 is 47.8 Å². The summed E-state index contributed by atoms with van der Waals surface area (Å²) in [5.41, 5.74) is 1.41. The van der Waals surface area contributed by atoms with Gasteiger partial charge in [-0.15, -0.1) is 0 Å². The minimum absolute atomic E-state index is 0.564. The minimum atomic E-state index is 0.564. The fourth-order valence-corrected chi connectivity index (χ4v) is 2.61. The Morgan fingerprint density at radius 2 is 1.92 bits per heavy atom. The number of benzene rings is 1. The highest BCUT2D eigenvalue weighted by Crippen LogP contribution is 2.30. The van der Waals surface area contributed by atoms with Crippen LogP contribution in [0.5, 0.6) is 0 Å². The van der Waals surface area contributed by atoms with Crippen molar-refractivity contribution in [1.82, 2.24) is 0 Å². The third-order valence-electron chi connectivity index (χ3n) is 1.53. The second kappa shape index (κ2) is 4.57. The van der Waals surface area contributed by atoms with Crippen molar-refractivity contribution in [1.29, 1.82) is 0 Å². The van der Waals surface area contributed by atoms with Gasteiger partial charge in [0.2, 0.25) is 0 Å². The number of hydrogen-bond donors (Lipinski definition) is 1. The maximum Gasteiger partial charge on any atom is 0.0849 e. The molecule has 0 amide bonds. The van der Waals surface area contributed by atoms with Crippen molar-refractivity contribution in [2.75, 3.05) is 0 Å². The molecule has 5 heteroatoms. The molecule has 13 heavy (non-hydrogen) atoms. The van der Waals surface area contributed by atoms with E-state index in [9.17, 15) is 0 Å². The summed E-state index contributed by atoms with van der Waals surface area (Å²) in [5, 5.41) is 11.8. The Balaban J connectivity index is 3.37. The molecule has 0 heterocycles. The first-order valence-electron chi connectivity index (χ1n) is 3.40. The standard InChI is InChI=1S/C8H6Br3NO/c1-4(12-13)6-2-5(9)3-7(10)8(6)11/h2-3,13H,1H3.